The summed E-state index contributed by atoms with van der Waals surface area (Å²) in [4.78, 5) is 11.4. The molecule has 98 valence electrons. The topological polar surface area (TPSA) is 58.6 Å². The lowest BCUT2D eigenvalue weighted by Gasteiger charge is -2.38. The Morgan fingerprint density at radius 3 is 2.50 bits per heavy atom. The molecule has 1 aliphatic heterocycles. The van der Waals surface area contributed by atoms with E-state index in [1.807, 2.05) is 13.8 Å². The summed E-state index contributed by atoms with van der Waals surface area (Å²) >= 11 is 6.58. The number of phenols is 1. The number of hydrogen-bond acceptors (Lipinski definition) is 3. The van der Waals surface area contributed by atoms with Crippen molar-refractivity contribution >= 4 is 38.0 Å². The van der Waals surface area contributed by atoms with Crippen molar-refractivity contribution < 1.29 is 14.6 Å². The number of carbonyl (C=O) groups is 1. The Labute approximate surface area is 122 Å². The fraction of sp³-hybridized carbons (Fsp3) is 0.417. The summed E-state index contributed by atoms with van der Waals surface area (Å²) < 4.78 is 6.18. The highest BCUT2D eigenvalue weighted by atomic mass is 79.9. The molecule has 2 rings (SSSR count). The molecule has 1 aromatic rings. The van der Waals surface area contributed by atoms with Crippen LogP contribution in [0.25, 0.3) is 0 Å². The van der Waals surface area contributed by atoms with Gasteiger partial charge < -0.3 is 15.2 Å². The average Bonchev–Trinajstić information content (AvgIpc) is 2.28. The number of rotatable bonds is 1. The van der Waals surface area contributed by atoms with E-state index < -0.39 is 6.09 Å². The van der Waals surface area contributed by atoms with Crippen LogP contribution < -0.4 is 5.32 Å². The lowest BCUT2D eigenvalue weighted by molar-refractivity contribution is 0.0387. The van der Waals surface area contributed by atoms with Crippen molar-refractivity contribution in [2.75, 3.05) is 6.61 Å². The smallest absolute Gasteiger partial charge is 0.407 e. The minimum atomic E-state index is -0.417. The van der Waals surface area contributed by atoms with E-state index in [2.05, 4.69) is 37.2 Å². The highest BCUT2D eigenvalue weighted by Crippen LogP contribution is 2.41. The molecule has 1 aromatic carbocycles. The number of hydrogen-bond donors (Lipinski definition) is 2. The number of cyclic esters (lactones) is 1. The van der Waals surface area contributed by atoms with Gasteiger partial charge in [0.2, 0.25) is 0 Å². The first kappa shape index (κ1) is 13.7. The van der Waals surface area contributed by atoms with Crippen molar-refractivity contribution in [3.05, 3.63) is 26.6 Å². The second-order valence-electron chi connectivity index (χ2n) is 4.98. The van der Waals surface area contributed by atoms with Gasteiger partial charge in [0.1, 0.15) is 12.4 Å². The van der Waals surface area contributed by atoms with Crippen LogP contribution in [-0.2, 0) is 4.74 Å². The fourth-order valence-corrected chi connectivity index (χ4v) is 3.20. The van der Waals surface area contributed by atoms with Crippen molar-refractivity contribution in [3.8, 4) is 5.75 Å². The van der Waals surface area contributed by atoms with Gasteiger partial charge in [0, 0.05) is 5.41 Å². The van der Waals surface area contributed by atoms with Crippen molar-refractivity contribution in [2.45, 2.75) is 19.9 Å². The summed E-state index contributed by atoms with van der Waals surface area (Å²) in [5, 5.41) is 12.5. The number of carbonyl (C=O) groups excluding carboxylic acids is 1. The third-order valence-electron chi connectivity index (χ3n) is 2.99. The normalized spacial score (nSPS) is 22.2. The van der Waals surface area contributed by atoms with Crippen LogP contribution >= 0.6 is 31.9 Å². The molecular weight excluding hydrogens is 366 g/mol. The van der Waals surface area contributed by atoms with Crippen LogP contribution in [0.3, 0.4) is 0 Å². The van der Waals surface area contributed by atoms with Crippen molar-refractivity contribution in [1.29, 1.82) is 0 Å². The maximum absolute atomic E-state index is 11.4. The maximum atomic E-state index is 11.4. The SMILES string of the molecule is CC1(C)COC(=O)N[C@@H]1c1cc(Br)c(O)c(Br)c1. The summed E-state index contributed by atoms with van der Waals surface area (Å²) in [7, 11) is 0. The van der Waals surface area contributed by atoms with E-state index >= 15 is 0 Å². The molecule has 1 amide bonds. The van der Waals surface area contributed by atoms with Crippen LogP contribution in [0.2, 0.25) is 0 Å². The molecule has 0 radical (unpaired) electrons. The molecule has 1 fully saturated rings. The van der Waals surface area contributed by atoms with Gasteiger partial charge in [-0.1, -0.05) is 13.8 Å². The fourth-order valence-electron chi connectivity index (χ4n) is 1.98. The van der Waals surface area contributed by atoms with Gasteiger partial charge in [0.05, 0.1) is 15.0 Å². The summed E-state index contributed by atoms with van der Waals surface area (Å²) in [6.45, 7) is 4.40. The standard InChI is InChI=1S/C12H13Br2NO3/c1-12(2)5-18-11(17)15-10(12)6-3-7(13)9(16)8(14)4-6/h3-4,10,16H,5H2,1-2H3,(H,15,17)/t10-/m1/s1. The summed E-state index contributed by atoms with van der Waals surface area (Å²) in [5.74, 6) is 0.148. The van der Waals surface area contributed by atoms with Gasteiger partial charge in [-0.05, 0) is 49.6 Å². The van der Waals surface area contributed by atoms with Gasteiger partial charge in [0.25, 0.3) is 0 Å². The van der Waals surface area contributed by atoms with E-state index in [0.717, 1.165) is 5.56 Å². The first-order valence-electron chi connectivity index (χ1n) is 5.42. The summed E-state index contributed by atoms with van der Waals surface area (Å²) in [5.41, 5.74) is 0.692. The number of halogens is 2. The van der Waals surface area contributed by atoms with Crippen molar-refractivity contribution in [2.24, 2.45) is 5.41 Å². The molecule has 0 unspecified atom stereocenters. The Morgan fingerprint density at radius 2 is 1.94 bits per heavy atom. The molecule has 2 N–H and O–H groups in total. The van der Waals surface area contributed by atoms with Crippen LogP contribution in [0.5, 0.6) is 5.75 Å². The Kier molecular flexibility index (Phi) is 3.60. The van der Waals surface area contributed by atoms with E-state index in [-0.39, 0.29) is 17.2 Å². The van der Waals surface area contributed by atoms with Crippen LogP contribution in [0.15, 0.2) is 21.1 Å². The Bertz CT molecular complexity index is 479. The van der Waals surface area contributed by atoms with E-state index in [1.165, 1.54) is 0 Å². The zero-order valence-electron chi connectivity index (χ0n) is 9.96. The highest BCUT2D eigenvalue weighted by Gasteiger charge is 2.38. The molecule has 0 spiro atoms. The largest absolute Gasteiger partial charge is 0.506 e. The number of alkyl carbamates (subject to hydrolysis) is 1. The first-order valence-corrected chi connectivity index (χ1v) is 7.01. The van der Waals surface area contributed by atoms with Gasteiger partial charge in [-0.25, -0.2) is 4.79 Å². The lowest BCUT2D eigenvalue weighted by Crippen LogP contribution is -2.46. The van der Waals surface area contributed by atoms with E-state index in [0.29, 0.717) is 15.6 Å². The van der Waals surface area contributed by atoms with Gasteiger partial charge >= 0.3 is 6.09 Å². The average molecular weight is 379 g/mol. The molecule has 1 saturated heterocycles. The van der Waals surface area contributed by atoms with Crippen LogP contribution in [0, 0.1) is 5.41 Å². The lowest BCUT2D eigenvalue weighted by atomic mass is 9.80. The van der Waals surface area contributed by atoms with E-state index in [1.54, 1.807) is 12.1 Å². The Morgan fingerprint density at radius 1 is 1.39 bits per heavy atom. The molecule has 0 bridgehead atoms. The van der Waals surface area contributed by atoms with Crippen LogP contribution in [-0.4, -0.2) is 17.8 Å². The molecule has 1 atom stereocenters. The third kappa shape index (κ3) is 2.49. The van der Waals surface area contributed by atoms with Crippen molar-refractivity contribution in [3.63, 3.8) is 0 Å². The first-order chi connectivity index (χ1) is 8.31. The van der Waals surface area contributed by atoms with Gasteiger partial charge in [0.15, 0.2) is 0 Å². The molecule has 0 saturated carbocycles. The predicted molar refractivity (Wildman–Crippen MR) is 74.5 cm³/mol. The van der Waals surface area contributed by atoms with E-state index in [4.69, 9.17) is 4.74 Å². The molecule has 1 heterocycles. The van der Waals surface area contributed by atoms with Gasteiger partial charge in [-0.3, -0.25) is 0 Å². The van der Waals surface area contributed by atoms with Gasteiger partial charge in [-0.15, -0.1) is 0 Å². The van der Waals surface area contributed by atoms with Crippen molar-refractivity contribution in [1.82, 2.24) is 5.32 Å². The quantitative estimate of drug-likeness (QED) is 0.782. The Hall–Kier alpha value is -0.750. The molecule has 18 heavy (non-hydrogen) atoms. The second-order valence-corrected chi connectivity index (χ2v) is 6.68. The monoisotopic (exact) mass is 377 g/mol. The minimum Gasteiger partial charge on any atom is -0.506 e. The number of aromatic hydroxyl groups is 1. The molecule has 0 aliphatic carbocycles. The summed E-state index contributed by atoms with van der Waals surface area (Å²) in [6, 6.07) is 3.45. The van der Waals surface area contributed by atoms with Crippen LogP contribution in [0.4, 0.5) is 4.79 Å². The van der Waals surface area contributed by atoms with Crippen LogP contribution in [0.1, 0.15) is 25.5 Å². The highest BCUT2D eigenvalue weighted by molar-refractivity contribution is 9.11. The van der Waals surface area contributed by atoms with E-state index in [9.17, 15) is 9.90 Å². The Balaban J connectivity index is 2.43. The second kappa shape index (κ2) is 4.74. The van der Waals surface area contributed by atoms with Gasteiger partial charge in [-0.2, -0.15) is 0 Å². The zero-order valence-corrected chi connectivity index (χ0v) is 13.1. The molecule has 0 aromatic heterocycles. The summed E-state index contributed by atoms with van der Waals surface area (Å²) in [6.07, 6.45) is -0.417. The third-order valence-corrected chi connectivity index (χ3v) is 4.20. The predicted octanol–water partition coefficient (Wildman–Crippen LogP) is 3.72. The number of benzene rings is 1. The minimum absolute atomic E-state index is 0.148. The molecule has 1 aliphatic rings. The number of nitrogens with one attached hydrogen (secondary N) is 1. The maximum Gasteiger partial charge on any atom is 0.407 e. The molecule has 4 nitrogen and oxygen atoms in total. The number of ether oxygens (including phenoxy) is 1. The molecule has 6 heteroatoms. The molecular formula is C12H13Br2NO3. The zero-order chi connectivity index (χ0) is 13.5. The number of phenolic OH excluding ortho intramolecular Hbond substituents is 1. The number of amides is 1.